The Morgan fingerprint density at radius 3 is 2.75 bits per heavy atom. The molecule has 1 aromatic rings. The van der Waals surface area contributed by atoms with Crippen molar-refractivity contribution >= 4 is 23.2 Å². The average Bonchev–Trinajstić information content (AvgIpc) is 2.44. The topological polar surface area (TPSA) is 44.5 Å². The Labute approximate surface area is 130 Å². The van der Waals surface area contributed by atoms with Crippen molar-refractivity contribution in [1.29, 1.82) is 0 Å². The molecule has 2 N–H and O–H groups in total. The number of benzene rings is 1. The van der Waals surface area contributed by atoms with E-state index in [4.69, 9.17) is 38.4 Å². The maximum atomic E-state index is 6.07. The standard InChI is InChI=1S/C15H21Cl2NO2/c1-10(20-15-4-2-3-7-19-15)12(9-18)11-5-6-13(16)14(17)8-11/h5-6,8,10,12,15H,2-4,7,9,18H2,1H3. The molecule has 0 bridgehead atoms. The molecule has 1 aliphatic rings. The fourth-order valence-electron chi connectivity index (χ4n) is 2.49. The van der Waals surface area contributed by atoms with Crippen molar-refractivity contribution in [3.63, 3.8) is 0 Å². The van der Waals surface area contributed by atoms with Crippen LogP contribution in [0.5, 0.6) is 0 Å². The molecule has 1 aliphatic heterocycles. The van der Waals surface area contributed by atoms with Crippen LogP contribution in [0.15, 0.2) is 18.2 Å². The molecule has 1 fully saturated rings. The molecule has 3 unspecified atom stereocenters. The van der Waals surface area contributed by atoms with E-state index in [1.807, 2.05) is 19.1 Å². The molecule has 0 amide bonds. The predicted octanol–water partition coefficient (Wildman–Crippen LogP) is 3.97. The van der Waals surface area contributed by atoms with Crippen LogP contribution in [-0.2, 0) is 9.47 Å². The van der Waals surface area contributed by atoms with E-state index in [0.29, 0.717) is 16.6 Å². The van der Waals surface area contributed by atoms with Crippen molar-refractivity contribution in [1.82, 2.24) is 0 Å². The van der Waals surface area contributed by atoms with E-state index in [9.17, 15) is 0 Å². The Kier molecular flexibility index (Phi) is 6.12. The molecular weight excluding hydrogens is 297 g/mol. The van der Waals surface area contributed by atoms with Crippen LogP contribution in [0.2, 0.25) is 10.0 Å². The zero-order chi connectivity index (χ0) is 14.5. The Morgan fingerprint density at radius 1 is 1.35 bits per heavy atom. The second-order valence-electron chi connectivity index (χ2n) is 5.15. The van der Waals surface area contributed by atoms with Gasteiger partial charge in [0.15, 0.2) is 6.29 Å². The molecule has 3 atom stereocenters. The van der Waals surface area contributed by atoms with Crippen molar-refractivity contribution < 1.29 is 9.47 Å². The van der Waals surface area contributed by atoms with Crippen molar-refractivity contribution in [2.24, 2.45) is 5.73 Å². The van der Waals surface area contributed by atoms with Crippen LogP contribution in [0.4, 0.5) is 0 Å². The summed E-state index contributed by atoms with van der Waals surface area (Å²) in [7, 11) is 0. The van der Waals surface area contributed by atoms with E-state index < -0.39 is 0 Å². The lowest BCUT2D eigenvalue weighted by Crippen LogP contribution is -2.32. The monoisotopic (exact) mass is 317 g/mol. The average molecular weight is 318 g/mol. The fourth-order valence-corrected chi connectivity index (χ4v) is 2.80. The molecule has 2 rings (SSSR count). The minimum Gasteiger partial charge on any atom is -0.353 e. The Balaban J connectivity index is 2.03. The zero-order valence-corrected chi connectivity index (χ0v) is 13.2. The van der Waals surface area contributed by atoms with Gasteiger partial charge in [-0.2, -0.15) is 0 Å². The highest BCUT2D eigenvalue weighted by atomic mass is 35.5. The quantitative estimate of drug-likeness (QED) is 0.893. The van der Waals surface area contributed by atoms with Crippen molar-refractivity contribution in [3.8, 4) is 0 Å². The van der Waals surface area contributed by atoms with Crippen molar-refractivity contribution in [2.45, 2.75) is 44.5 Å². The maximum absolute atomic E-state index is 6.07. The van der Waals surface area contributed by atoms with Crippen LogP contribution in [-0.4, -0.2) is 25.5 Å². The van der Waals surface area contributed by atoms with Crippen molar-refractivity contribution in [2.75, 3.05) is 13.2 Å². The first-order valence-corrected chi connectivity index (χ1v) is 7.79. The molecule has 0 aliphatic carbocycles. The number of rotatable bonds is 5. The van der Waals surface area contributed by atoms with Crippen LogP contribution in [0.3, 0.4) is 0 Å². The lowest BCUT2D eigenvalue weighted by molar-refractivity contribution is -0.188. The highest BCUT2D eigenvalue weighted by Crippen LogP contribution is 2.29. The normalized spacial score (nSPS) is 22.5. The summed E-state index contributed by atoms with van der Waals surface area (Å²) < 4.78 is 11.6. The van der Waals surface area contributed by atoms with Gasteiger partial charge in [-0.25, -0.2) is 0 Å². The van der Waals surface area contributed by atoms with Crippen LogP contribution >= 0.6 is 23.2 Å². The third kappa shape index (κ3) is 4.09. The number of ether oxygens (including phenoxy) is 2. The molecular formula is C15H21Cl2NO2. The first-order valence-electron chi connectivity index (χ1n) is 7.04. The first-order chi connectivity index (χ1) is 9.61. The van der Waals surface area contributed by atoms with Crippen LogP contribution in [0, 0.1) is 0 Å². The Bertz CT molecular complexity index is 436. The third-order valence-electron chi connectivity index (χ3n) is 3.70. The van der Waals surface area contributed by atoms with Gasteiger partial charge in [-0.3, -0.25) is 0 Å². The Hall–Kier alpha value is -0.320. The van der Waals surface area contributed by atoms with Crippen molar-refractivity contribution in [3.05, 3.63) is 33.8 Å². The van der Waals surface area contributed by atoms with E-state index in [1.54, 1.807) is 6.07 Å². The predicted molar refractivity (Wildman–Crippen MR) is 82.4 cm³/mol. The molecule has 0 spiro atoms. The van der Waals surface area contributed by atoms with Gasteiger partial charge in [0.1, 0.15) is 0 Å². The molecule has 1 saturated heterocycles. The molecule has 0 radical (unpaired) electrons. The largest absolute Gasteiger partial charge is 0.353 e. The zero-order valence-electron chi connectivity index (χ0n) is 11.6. The minimum atomic E-state index is -0.115. The molecule has 112 valence electrons. The highest BCUT2D eigenvalue weighted by molar-refractivity contribution is 6.42. The highest BCUT2D eigenvalue weighted by Gasteiger charge is 2.24. The lowest BCUT2D eigenvalue weighted by Gasteiger charge is -2.30. The summed E-state index contributed by atoms with van der Waals surface area (Å²) in [5, 5.41) is 1.10. The van der Waals surface area contributed by atoms with Gasteiger partial charge in [-0.15, -0.1) is 0 Å². The third-order valence-corrected chi connectivity index (χ3v) is 4.44. The lowest BCUT2D eigenvalue weighted by atomic mass is 9.94. The van der Waals surface area contributed by atoms with Crippen LogP contribution in [0.25, 0.3) is 0 Å². The Morgan fingerprint density at radius 2 is 2.15 bits per heavy atom. The molecule has 1 heterocycles. The van der Waals surface area contributed by atoms with Gasteiger partial charge in [0.05, 0.1) is 16.1 Å². The molecule has 5 heteroatoms. The summed E-state index contributed by atoms with van der Waals surface area (Å²) in [4.78, 5) is 0. The summed E-state index contributed by atoms with van der Waals surface area (Å²) in [5.74, 6) is 0.0790. The van der Waals surface area contributed by atoms with Gasteiger partial charge in [0.2, 0.25) is 0 Å². The van der Waals surface area contributed by atoms with E-state index in [-0.39, 0.29) is 18.3 Å². The summed E-state index contributed by atoms with van der Waals surface area (Å²) in [6.45, 7) is 3.29. The second-order valence-corrected chi connectivity index (χ2v) is 5.97. The smallest absolute Gasteiger partial charge is 0.157 e. The summed E-state index contributed by atoms with van der Waals surface area (Å²) in [6.07, 6.45) is 3.07. The van der Waals surface area contributed by atoms with Gasteiger partial charge in [0.25, 0.3) is 0 Å². The molecule has 1 aromatic carbocycles. The number of nitrogens with two attached hydrogens (primary N) is 1. The van der Waals surface area contributed by atoms with Crippen LogP contribution < -0.4 is 5.73 Å². The maximum Gasteiger partial charge on any atom is 0.157 e. The first kappa shape index (κ1) is 16.1. The second kappa shape index (κ2) is 7.62. The van der Waals surface area contributed by atoms with Gasteiger partial charge >= 0.3 is 0 Å². The van der Waals surface area contributed by atoms with Gasteiger partial charge in [0, 0.05) is 19.1 Å². The van der Waals surface area contributed by atoms with Gasteiger partial charge in [-0.05, 0) is 43.9 Å². The van der Waals surface area contributed by atoms with Gasteiger partial charge in [-0.1, -0.05) is 29.3 Å². The molecule has 20 heavy (non-hydrogen) atoms. The molecule has 0 saturated carbocycles. The number of halogens is 2. The van der Waals surface area contributed by atoms with Gasteiger partial charge < -0.3 is 15.2 Å². The van der Waals surface area contributed by atoms with E-state index in [1.165, 1.54) is 0 Å². The number of hydrogen-bond acceptors (Lipinski definition) is 3. The summed E-state index contributed by atoms with van der Waals surface area (Å²) >= 11 is 12.0. The SMILES string of the molecule is CC(OC1CCCCO1)C(CN)c1ccc(Cl)c(Cl)c1. The fraction of sp³-hybridized carbons (Fsp3) is 0.600. The van der Waals surface area contributed by atoms with Crippen LogP contribution in [0.1, 0.15) is 37.7 Å². The summed E-state index contributed by atoms with van der Waals surface area (Å²) in [5.41, 5.74) is 6.95. The summed E-state index contributed by atoms with van der Waals surface area (Å²) in [6, 6.07) is 5.61. The molecule has 3 nitrogen and oxygen atoms in total. The number of hydrogen-bond donors (Lipinski definition) is 1. The van der Waals surface area contributed by atoms with E-state index in [0.717, 1.165) is 31.4 Å². The van der Waals surface area contributed by atoms with E-state index in [2.05, 4.69) is 0 Å². The van der Waals surface area contributed by atoms with E-state index >= 15 is 0 Å². The molecule has 0 aromatic heterocycles. The minimum absolute atomic E-state index is 0.0275.